The smallest absolute Gasteiger partial charge is 0.248 e. The van der Waals surface area contributed by atoms with Crippen LogP contribution < -0.4 is 0 Å². The van der Waals surface area contributed by atoms with Crippen LogP contribution in [0.25, 0.3) is 0 Å². The summed E-state index contributed by atoms with van der Waals surface area (Å²) in [7, 11) is 0. The molecular weight excluding hydrogens is 136 g/mol. The number of carbonyl (C=O) groups is 1. The molecule has 0 aromatic rings. The Hall–Kier alpha value is -0.300. The van der Waals surface area contributed by atoms with E-state index in [0.29, 0.717) is 5.57 Å². The van der Waals surface area contributed by atoms with Crippen LogP contribution in [0.4, 0.5) is 0 Å². The molecule has 0 spiro atoms. The molecule has 0 N–H and O–H groups in total. The third-order valence-electron chi connectivity index (χ3n) is 1.47. The highest BCUT2D eigenvalue weighted by molar-refractivity contribution is 6.67. The molecule has 9 heavy (non-hydrogen) atoms. The fourth-order valence-electron chi connectivity index (χ4n) is 0.433. The minimum absolute atomic E-state index is 0.339. The second-order valence-electron chi connectivity index (χ2n) is 2.03. The van der Waals surface area contributed by atoms with Crippen molar-refractivity contribution in [2.75, 3.05) is 0 Å². The molecule has 0 unspecified atom stereocenters. The SMILES string of the molecule is CC/C(C)=C(/C)C(=O)Cl. The second kappa shape index (κ2) is 3.67. The van der Waals surface area contributed by atoms with E-state index in [1.807, 2.05) is 13.8 Å². The Morgan fingerprint density at radius 2 is 1.89 bits per heavy atom. The molecule has 0 aromatic carbocycles. The number of allylic oxidation sites excluding steroid dienone is 2. The van der Waals surface area contributed by atoms with E-state index in [1.165, 1.54) is 0 Å². The van der Waals surface area contributed by atoms with Gasteiger partial charge in [0.05, 0.1) is 0 Å². The first-order chi connectivity index (χ1) is 4.09. The first kappa shape index (κ1) is 8.70. The molecule has 0 saturated carbocycles. The maximum atomic E-state index is 10.5. The van der Waals surface area contributed by atoms with Crippen molar-refractivity contribution in [3.63, 3.8) is 0 Å². The molecule has 1 nitrogen and oxygen atoms in total. The van der Waals surface area contributed by atoms with E-state index >= 15 is 0 Å². The standard InChI is InChI=1S/C7H11ClO/c1-4-5(2)6(3)7(8)9/h4H2,1-3H3/b6-5-. The molecule has 0 aliphatic carbocycles. The second-order valence-corrected chi connectivity index (χ2v) is 2.38. The third-order valence-corrected chi connectivity index (χ3v) is 1.75. The number of carbonyl (C=O) groups excluding carboxylic acids is 1. The normalized spacial score (nSPS) is 12.9. The van der Waals surface area contributed by atoms with Crippen molar-refractivity contribution in [3.8, 4) is 0 Å². The van der Waals surface area contributed by atoms with Gasteiger partial charge in [0.25, 0.3) is 0 Å². The summed E-state index contributed by atoms with van der Waals surface area (Å²) in [6.07, 6.45) is 0.893. The van der Waals surface area contributed by atoms with Crippen LogP contribution in [-0.4, -0.2) is 5.24 Å². The summed E-state index contributed by atoms with van der Waals surface area (Å²) in [6, 6.07) is 0. The van der Waals surface area contributed by atoms with Gasteiger partial charge >= 0.3 is 0 Å². The summed E-state index contributed by atoms with van der Waals surface area (Å²) in [6.45, 7) is 5.66. The molecule has 0 aliphatic heterocycles. The van der Waals surface area contributed by atoms with Gasteiger partial charge in [-0.15, -0.1) is 0 Å². The Kier molecular flexibility index (Phi) is 3.55. The molecule has 52 valence electrons. The first-order valence-electron chi connectivity index (χ1n) is 2.95. The lowest BCUT2D eigenvalue weighted by molar-refractivity contribution is -0.108. The van der Waals surface area contributed by atoms with Crippen molar-refractivity contribution in [2.45, 2.75) is 27.2 Å². The summed E-state index contributed by atoms with van der Waals surface area (Å²) in [5.41, 5.74) is 1.74. The topological polar surface area (TPSA) is 17.1 Å². The van der Waals surface area contributed by atoms with Crippen LogP contribution in [0.15, 0.2) is 11.1 Å². The lowest BCUT2D eigenvalue weighted by Gasteiger charge is -1.97. The van der Waals surface area contributed by atoms with Gasteiger partial charge in [0.2, 0.25) is 5.24 Å². The van der Waals surface area contributed by atoms with Gasteiger partial charge in [0.15, 0.2) is 0 Å². The Balaban J connectivity index is 4.28. The van der Waals surface area contributed by atoms with Crippen molar-refractivity contribution < 1.29 is 4.79 Å². The number of halogens is 1. The zero-order chi connectivity index (χ0) is 7.44. The maximum Gasteiger partial charge on any atom is 0.248 e. The van der Waals surface area contributed by atoms with Crippen LogP contribution >= 0.6 is 11.6 Å². The molecule has 0 aliphatic rings. The highest BCUT2D eigenvalue weighted by Gasteiger charge is 2.00. The van der Waals surface area contributed by atoms with Crippen LogP contribution in [0.5, 0.6) is 0 Å². The third kappa shape index (κ3) is 2.66. The fraction of sp³-hybridized carbons (Fsp3) is 0.571. The van der Waals surface area contributed by atoms with Crippen molar-refractivity contribution in [2.24, 2.45) is 0 Å². The van der Waals surface area contributed by atoms with Crippen molar-refractivity contribution >= 4 is 16.8 Å². The zero-order valence-electron chi connectivity index (χ0n) is 5.99. The number of hydrogen-bond acceptors (Lipinski definition) is 1. The van der Waals surface area contributed by atoms with Gasteiger partial charge in [0.1, 0.15) is 0 Å². The molecule has 0 fully saturated rings. The minimum Gasteiger partial charge on any atom is -0.276 e. The molecule has 0 rings (SSSR count). The van der Waals surface area contributed by atoms with Crippen LogP contribution in [0, 0.1) is 0 Å². The molecule has 0 heterocycles. The quantitative estimate of drug-likeness (QED) is 0.432. The maximum absolute atomic E-state index is 10.5. The van der Waals surface area contributed by atoms with Gasteiger partial charge in [-0.05, 0) is 31.9 Å². The molecule has 0 amide bonds. The summed E-state index contributed by atoms with van der Waals surface area (Å²) in [5, 5.41) is -0.339. The summed E-state index contributed by atoms with van der Waals surface area (Å²) in [5.74, 6) is 0. The van der Waals surface area contributed by atoms with Crippen molar-refractivity contribution in [1.82, 2.24) is 0 Å². The van der Waals surface area contributed by atoms with Crippen LogP contribution in [0.3, 0.4) is 0 Å². The number of rotatable bonds is 2. The molecule has 0 aromatic heterocycles. The van der Waals surface area contributed by atoms with Crippen LogP contribution in [0.1, 0.15) is 27.2 Å². The van der Waals surface area contributed by atoms with Gasteiger partial charge in [-0.25, -0.2) is 0 Å². The summed E-state index contributed by atoms with van der Waals surface area (Å²) in [4.78, 5) is 10.5. The summed E-state index contributed by atoms with van der Waals surface area (Å²) < 4.78 is 0. The Morgan fingerprint density at radius 1 is 1.44 bits per heavy atom. The van der Waals surface area contributed by atoms with Gasteiger partial charge in [-0.3, -0.25) is 4.79 Å². The highest BCUT2D eigenvalue weighted by Crippen LogP contribution is 2.09. The van der Waals surface area contributed by atoms with Crippen molar-refractivity contribution in [1.29, 1.82) is 0 Å². The van der Waals surface area contributed by atoms with Crippen molar-refractivity contribution in [3.05, 3.63) is 11.1 Å². The van der Waals surface area contributed by atoms with E-state index in [1.54, 1.807) is 6.92 Å². The van der Waals surface area contributed by atoms with E-state index in [-0.39, 0.29) is 5.24 Å². The molecule has 0 bridgehead atoms. The Labute approximate surface area is 60.7 Å². The van der Waals surface area contributed by atoms with Gasteiger partial charge in [-0.2, -0.15) is 0 Å². The molecule has 0 radical (unpaired) electrons. The average molecular weight is 147 g/mol. The fourth-order valence-corrected chi connectivity index (χ4v) is 0.594. The summed E-state index contributed by atoms with van der Waals surface area (Å²) >= 11 is 5.21. The van der Waals surface area contributed by atoms with E-state index in [9.17, 15) is 4.79 Å². The van der Waals surface area contributed by atoms with Crippen LogP contribution in [0.2, 0.25) is 0 Å². The first-order valence-corrected chi connectivity index (χ1v) is 3.33. The molecule has 0 saturated heterocycles. The largest absolute Gasteiger partial charge is 0.276 e. The monoisotopic (exact) mass is 146 g/mol. The van der Waals surface area contributed by atoms with E-state index in [4.69, 9.17) is 11.6 Å². The predicted octanol–water partition coefficient (Wildman–Crippen LogP) is 2.50. The van der Waals surface area contributed by atoms with E-state index < -0.39 is 0 Å². The van der Waals surface area contributed by atoms with Gasteiger partial charge in [0, 0.05) is 5.57 Å². The zero-order valence-corrected chi connectivity index (χ0v) is 6.75. The highest BCUT2D eigenvalue weighted by atomic mass is 35.5. The average Bonchev–Trinajstić information content (AvgIpc) is 1.84. The molecule has 0 atom stereocenters. The van der Waals surface area contributed by atoms with Gasteiger partial charge < -0.3 is 0 Å². The minimum atomic E-state index is -0.339. The van der Waals surface area contributed by atoms with E-state index in [0.717, 1.165) is 12.0 Å². The molecular formula is C7H11ClO. The number of hydrogen-bond donors (Lipinski definition) is 0. The predicted molar refractivity (Wildman–Crippen MR) is 39.5 cm³/mol. The Bertz CT molecular complexity index is 147. The van der Waals surface area contributed by atoms with Crippen LogP contribution in [-0.2, 0) is 4.79 Å². The Morgan fingerprint density at radius 3 is 2.00 bits per heavy atom. The lowest BCUT2D eigenvalue weighted by Crippen LogP contribution is -1.91. The lowest BCUT2D eigenvalue weighted by atomic mass is 10.1. The van der Waals surface area contributed by atoms with E-state index in [2.05, 4.69) is 0 Å². The molecule has 2 heteroatoms. The van der Waals surface area contributed by atoms with Gasteiger partial charge in [-0.1, -0.05) is 12.5 Å².